The summed E-state index contributed by atoms with van der Waals surface area (Å²) in [6.45, 7) is 0. The molecule has 1 aromatic heterocycles. The minimum absolute atomic E-state index is 0.252. The summed E-state index contributed by atoms with van der Waals surface area (Å²) in [5, 5.41) is 1.71. The predicted molar refractivity (Wildman–Crippen MR) is 163 cm³/mol. The van der Waals surface area contributed by atoms with Gasteiger partial charge in [0.2, 0.25) is 0 Å². The molecule has 4 aromatic carbocycles. The van der Waals surface area contributed by atoms with Gasteiger partial charge in [0, 0.05) is 33.9 Å². The maximum atomic E-state index is 15.4. The quantitative estimate of drug-likeness (QED) is 0.201. The van der Waals surface area contributed by atoms with Crippen molar-refractivity contribution >= 4 is 17.8 Å². The summed E-state index contributed by atoms with van der Waals surface area (Å²) in [4.78, 5) is 5.46. The fraction of sp³-hybridized carbons (Fsp3) is 0.194. The Morgan fingerprint density at radius 3 is 2.02 bits per heavy atom. The first kappa shape index (κ1) is 25.2. The van der Waals surface area contributed by atoms with Gasteiger partial charge in [-0.3, -0.25) is 4.98 Å². The monoisotopic (exact) mass is 543 g/mol. The van der Waals surface area contributed by atoms with E-state index in [0.717, 1.165) is 70.8 Å². The standard InChI is InChI=1S/C36H31FNOP/c37-28-22-20-26(21-23-28)34-32-17-9-11-25-10-7-8-16-31(25)36(32)38-35(27-18-19-27)33(34)24-40(39,29-12-3-1-4-13-29)30-14-5-2-6-15-30/h1-8,10,12-16,20-23,27H,9,11,17-19,24H2. The van der Waals surface area contributed by atoms with Crippen LogP contribution in [0.3, 0.4) is 0 Å². The van der Waals surface area contributed by atoms with Crippen LogP contribution in [0.5, 0.6) is 0 Å². The Kier molecular flexibility index (Phi) is 6.48. The Hall–Kier alpha value is -3.81. The highest BCUT2D eigenvalue weighted by Crippen LogP contribution is 2.54. The molecule has 0 saturated heterocycles. The molecule has 2 aliphatic carbocycles. The van der Waals surface area contributed by atoms with Gasteiger partial charge < -0.3 is 4.57 Å². The summed E-state index contributed by atoms with van der Waals surface area (Å²) in [5.41, 5.74) is 8.99. The van der Waals surface area contributed by atoms with Crippen LogP contribution in [0.2, 0.25) is 0 Å². The van der Waals surface area contributed by atoms with Gasteiger partial charge in [-0.2, -0.15) is 0 Å². The molecule has 0 bridgehead atoms. The third-order valence-electron chi connectivity index (χ3n) is 8.40. The van der Waals surface area contributed by atoms with Gasteiger partial charge in [0.05, 0.1) is 5.69 Å². The molecule has 0 spiro atoms. The van der Waals surface area contributed by atoms with Crippen LogP contribution in [0.1, 0.15) is 47.6 Å². The van der Waals surface area contributed by atoms with Gasteiger partial charge >= 0.3 is 0 Å². The lowest BCUT2D eigenvalue weighted by Crippen LogP contribution is -2.19. The summed E-state index contributed by atoms with van der Waals surface area (Å²) in [6.07, 6.45) is 5.45. The molecule has 0 radical (unpaired) electrons. The lowest BCUT2D eigenvalue weighted by Gasteiger charge is -2.26. The van der Waals surface area contributed by atoms with E-state index in [1.165, 1.54) is 16.7 Å². The SMILES string of the molecule is O=P(Cc1c(C2CC2)nc2c(c1-c1ccc(F)cc1)CCCc1ccccc1-2)(c1ccccc1)c1ccccc1. The molecule has 1 heterocycles. The van der Waals surface area contributed by atoms with Crippen LogP contribution in [0.15, 0.2) is 109 Å². The van der Waals surface area contributed by atoms with Crippen molar-refractivity contribution in [3.05, 3.63) is 137 Å². The number of halogens is 1. The van der Waals surface area contributed by atoms with Gasteiger partial charge in [0.15, 0.2) is 0 Å². The molecule has 0 N–H and O–H groups in total. The van der Waals surface area contributed by atoms with Crippen molar-refractivity contribution < 1.29 is 8.96 Å². The van der Waals surface area contributed by atoms with E-state index in [9.17, 15) is 4.39 Å². The van der Waals surface area contributed by atoms with Crippen LogP contribution in [0.4, 0.5) is 4.39 Å². The highest BCUT2D eigenvalue weighted by atomic mass is 31.2. The molecule has 0 atom stereocenters. The van der Waals surface area contributed by atoms with E-state index in [-0.39, 0.29) is 5.82 Å². The van der Waals surface area contributed by atoms with Crippen molar-refractivity contribution in [2.75, 3.05) is 0 Å². The van der Waals surface area contributed by atoms with Crippen LogP contribution in [0, 0.1) is 5.82 Å². The van der Waals surface area contributed by atoms with Crippen molar-refractivity contribution in [3.63, 3.8) is 0 Å². The molecule has 7 rings (SSSR count). The van der Waals surface area contributed by atoms with Crippen molar-refractivity contribution in [1.82, 2.24) is 4.98 Å². The largest absolute Gasteiger partial charge is 0.313 e. The Labute approximate surface area is 235 Å². The third kappa shape index (κ3) is 4.53. The van der Waals surface area contributed by atoms with Crippen molar-refractivity contribution in [3.8, 4) is 22.4 Å². The van der Waals surface area contributed by atoms with Gasteiger partial charge in [0.1, 0.15) is 13.0 Å². The molecule has 0 amide bonds. The number of pyridine rings is 1. The van der Waals surface area contributed by atoms with Crippen molar-refractivity contribution in [2.24, 2.45) is 0 Å². The number of hydrogen-bond acceptors (Lipinski definition) is 2. The first-order chi connectivity index (χ1) is 19.6. The summed E-state index contributed by atoms with van der Waals surface area (Å²) in [7, 11) is -3.07. The predicted octanol–water partition coefficient (Wildman–Crippen LogP) is 8.43. The molecular weight excluding hydrogens is 512 g/mol. The lowest BCUT2D eigenvalue weighted by atomic mass is 9.89. The zero-order chi connectivity index (χ0) is 27.1. The first-order valence-corrected chi connectivity index (χ1v) is 16.1. The normalized spacial score (nSPS) is 14.7. The number of benzene rings is 4. The summed E-state index contributed by atoms with van der Waals surface area (Å²) in [6, 6.07) is 35.3. The Morgan fingerprint density at radius 2 is 1.38 bits per heavy atom. The summed E-state index contributed by atoms with van der Waals surface area (Å²) in [5.74, 6) is 0.104. The second-order valence-electron chi connectivity index (χ2n) is 11.0. The van der Waals surface area contributed by atoms with E-state index in [1.54, 1.807) is 12.1 Å². The Bertz CT molecular complexity index is 1680. The minimum atomic E-state index is -3.07. The number of fused-ring (bicyclic) bond motifs is 3. The first-order valence-electron chi connectivity index (χ1n) is 14.2. The van der Waals surface area contributed by atoms with Gasteiger partial charge in [0.25, 0.3) is 0 Å². The minimum Gasteiger partial charge on any atom is -0.313 e. The number of hydrogen-bond donors (Lipinski definition) is 0. The fourth-order valence-corrected chi connectivity index (χ4v) is 9.02. The highest BCUT2D eigenvalue weighted by molar-refractivity contribution is 7.78. The van der Waals surface area contributed by atoms with E-state index in [2.05, 4.69) is 24.3 Å². The topological polar surface area (TPSA) is 30.0 Å². The smallest absolute Gasteiger partial charge is 0.147 e. The van der Waals surface area contributed by atoms with E-state index >= 15 is 4.57 Å². The lowest BCUT2D eigenvalue weighted by molar-refractivity contribution is 0.586. The number of aryl methyl sites for hydroxylation is 1. The molecule has 198 valence electrons. The van der Waals surface area contributed by atoms with Gasteiger partial charge in [-0.05, 0) is 72.1 Å². The van der Waals surface area contributed by atoms with Gasteiger partial charge in [-0.15, -0.1) is 0 Å². The molecule has 1 fully saturated rings. The third-order valence-corrected chi connectivity index (χ3v) is 11.4. The maximum Gasteiger partial charge on any atom is 0.147 e. The summed E-state index contributed by atoms with van der Waals surface area (Å²) < 4.78 is 29.5. The van der Waals surface area contributed by atoms with Crippen LogP contribution in [-0.2, 0) is 23.6 Å². The molecule has 4 heteroatoms. The van der Waals surface area contributed by atoms with Crippen LogP contribution >= 0.6 is 7.14 Å². The molecule has 2 nitrogen and oxygen atoms in total. The molecule has 0 unspecified atom stereocenters. The second-order valence-corrected chi connectivity index (χ2v) is 13.9. The van der Waals surface area contributed by atoms with Crippen LogP contribution in [-0.4, -0.2) is 4.98 Å². The fourth-order valence-electron chi connectivity index (χ4n) is 6.29. The zero-order valence-electron chi connectivity index (χ0n) is 22.4. The second kappa shape index (κ2) is 10.3. The molecule has 5 aromatic rings. The van der Waals surface area contributed by atoms with E-state index in [1.807, 2.05) is 72.8 Å². The van der Waals surface area contributed by atoms with E-state index < -0.39 is 7.14 Å². The average molecular weight is 544 g/mol. The highest BCUT2D eigenvalue weighted by Gasteiger charge is 2.37. The van der Waals surface area contributed by atoms with Gasteiger partial charge in [-0.1, -0.05) is 97.1 Å². The van der Waals surface area contributed by atoms with Gasteiger partial charge in [-0.25, -0.2) is 4.39 Å². The van der Waals surface area contributed by atoms with E-state index in [4.69, 9.17) is 4.98 Å². The molecule has 1 saturated carbocycles. The number of nitrogens with zero attached hydrogens (tertiary/aromatic N) is 1. The zero-order valence-corrected chi connectivity index (χ0v) is 23.3. The Balaban J connectivity index is 1.53. The van der Waals surface area contributed by atoms with Crippen molar-refractivity contribution in [2.45, 2.75) is 44.2 Å². The summed E-state index contributed by atoms with van der Waals surface area (Å²) >= 11 is 0. The number of aromatic nitrogens is 1. The maximum absolute atomic E-state index is 15.4. The van der Waals surface area contributed by atoms with Crippen LogP contribution in [0.25, 0.3) is 22.4 Å². The average Bonchev–Trinajstić information content (AvgIpc) is 3.86. The molecular formula is C36H31FNOP. The van der Waals surface area contributed by atoms with Crippen LogP contribution < -0.4 is 10.6 Å². The Morgan fingerprint density at radius 1 is 0.750 bits per heavy atom. The molecule has 2 aliphatic rings. The van der Waals surface area contributed by atoms with E-state index in [0.29, 0.717) is 12.1 Å². The van der Waals surface area contributed by atoms with Crippen molar-refractivity contribution in [1.29, 1.82) is 0 Å². The molecule has 40 heavy (non-hydrogen) atoms. The number of rotatable bonds is 6. The molecule has 0 aliphatic heterocycles.